The van der Waals surface area contributed by atoms with Crippen LogP contribution in [0.15, 0.2) is 36.4 Å². The fourth-order valence-electron chi connectivity index (χ4n) is 2.10. The molecule has 2 aromatic rings. The second-order valence-corrected chi connectivity index (χ2v) is 5.14. The Bertz CT molecular complexity index is 691. The first-order chi connectivity index (χ1) is 10.4. The number of esters is 2. The molecular formula is C18H18O4. The van der Waals surface area contributed by atoms with Crippen molar-refractivity contribution in [3.8, 4) is 5.75 Å². The van der Waals surface area contributed by atoms with Crippen LogP contribution in [-0.2, 0) is 4.74 Å². The van der Waals surface area contributed by atoms with Crippen molar-refractivity contribution in [2.24, 2.45) is 0 Å². The van der Waals surface area contributed by atoms with Crippen LogP contribution in [0.5, 0.6) is 5.75 Å². The maximum atomic E-state index is 12.2. The summed E-state index contributed by atoms with van der Waals surface area (Å²) in [5.41, 5.74) is 4.18. The van der Waals surface area contributed by atoms with Crippen molar-refractivity contribution in [3.05, 3.63) is 64.2 Å². The first-order valence-electron chi connectivity index (χ1n) is 6.90. The minimum atomic E-state index is -0.428. The summed E-state index contributed by atoms with van der Waals surface area (Å²) >= 11 is 0. The molecule has 4 nitrogen and oxygen atoms in total. The van der Waals surface area contributed by atoms with Crippen LogP contribution in [0.2, 0.25) is 0 Å². The lowest BCUT2D eigenvalue weighted by molar-refractivity contribution is 0.0600. The van der Waals surface area contributed by atoms with Crippen LogP contribution in [0.3, 0.4) is 0 Å². The standard InChI is InChI=1S/C18H18O4/c1-11-9-15(10-12(2)13(11)3)18(20)22-16-7-5-14(6-8-16)17(19)21-4/h5-10H,1-4H3. The minimum absolute atomic E-state index is 0.383. The van der Waals surface area contributed by atoms with E-state index in [1.807, 2.05) is 32.9 Å². The molecule has 0 heterocycles. The largest absolute Gasteiger partial charge is 0.465 e. The van der Waals surface area contributed by atoms with Crippen molar-refractivity contribution in [3.63, 3.8) is 0 Å². The SMILES string of the molecule is COC(=O)c1ccc(OC(=O)c2cc(C)c(C)c(C)c2)cc1. The molecule has 0 atom stereocenters. The lowest BCUT2D eigenvalue weighted by atomic mass is 10.0. The van der Waals surface area contributed by atoms with Gasteiger partial charge in [-0.05, 0) is 73.9 Å². The Hall–Kier alpha value is -2.62. The van der Waals surface area contributed by atoms with Gasteiger partial charge in [0.25, 0.3) is 0 Å². The third-order valence-electron chi connectivity index (χ3n) is 3.65. The monoisotopic (exact) mass is 298 g/mol. The van der Waals surface area contributed by atoms with Gasteiger partial charge in [-0.2, -0.15) is 0 Å². The van der Waals surface area contributed by atoms with Gasteiger partial charge in [-0.3, -0.25) is 0 Å². The Kier molecular flexibility index (Phi) is 4.61. The summed E-state index contributed by atoms with van der Waals surface area (Å²) in [5, 5.41) is 0. The summed E-state index contributed by atoms with van der Waals surface area (Å²) < 4.78 is 9.95. The molecule has 0 saturated carbocycles. The topological polar surface area (TPSA) is 52.6 Å². The maximum absolute atomic E-state index is 12.2. The van der Waals surface area contributed by atoms with Gasteiger partial charge in [-0.25, -0.2) is 9.59 Å². The molecular weight excluding hydrogens is 280 g/mol. The molecule has 0 aliphatic carbocycles. The van der Waals surface area contributed by atoms with E-state index in [9.17, 15) is 9.59 Å². The number of hydrogen-bond donors (Lipinski definition) is 0. The van der Waals surface area contributed by atoms with Crippen LogP contribution in [-0.4, -0.2) is 19.0 Å². The van der Waals surface area contributed by atoms with Gasteiger partial charge >= 0.3 is 11.9 Å². The van der Waals surface area contributed by atoms with Gasteiger partial charge in [0.15, 0.2) is 0 Å². The summed E-state index contributed by atoms with van der Waals surface area (Å²) in [6.45, 7) is 5.94. The van der Waals surface area contributed by atoms with E-state index in [4.69, 9.17) is 4.74 Å². The second kappa shape index (κ2) is 6.43. The average molecular weight is 298 g/mol. The number of hydrogen-bond acceptors (Lipinski definition) is 4. The van der Waals surface area contributed by atoms with Crippen molar-refractivity contribution in [1.29, 1.82) is 0 Å². The smallest absolute Gasteiger partial charge is 0.343 e. The quantitative estimate of drug-likeness (QED) is 0.641. The van der Waals surface area contributed by atoms with Gasteiger partial charge < -0.3 is 9.47 Å². The zero-order valence-electron chi connectivity index (χ0n) is 13.1. The number of aryl methyl sites for hydroxylation is 2. The highest BCUT2D eigenvalue weighted by atomic mass is 16.5. The van der Waals surface area contributed by atoms with E-state index in [0.717, 1.165) is 11.1 Å². The summed E-state index contributed by atoms with van der Waals surface area (Å²) in [6, 6.07) is 9.87. The summed E-state index contributed by atoms with van der Waals surface area (Å²) in [7, 11) is 1.32. The lowest BCUT2D eigenvalue weighted by Gasteiger charge is -2.09. The zero-order valence-corrected chi connectivity index (χ0v) is 13.1. The maximum Gasteiger partial charge on any atom is 0.343 e. The number of rotatable bonds is 3. The van der Waals surface area contributed by atoms with E-state index in [1.54, 1.807) is 24.3 Å². The van der Waals surface area contributed by atoms with Crippen LogP contribution in [0.4, 0.5) is 0 Å². The molecule has 0 saturated heterocycles. The molecule has 4 heteroatoms. The van der Waals surface area contributed by atoms with Crippen LogP contribution in [0.25, 0.3) is 0 Å². The number of carbonyl (C=O) groups is 2. The number of methoxy groups -OCH3 is 1. The second-order valence-electron chi connectivity index (χ2n) is 5.14. The summed E-state index contributed by atoms with van der Waals surface area (Å²) in [4.78, 5) is 23.5. The Labute approximate surface area is 129 Å². The summed E-state index contributed by atoms with van der Waals surface area (Å²) in [6.07, 6.45) is 0. The molecule has 0 amide bonds. The predicted molar refractivity (Wildman–Crippen MR) is 83.4 cm³/mol. The van der Waals surface area contributed by atoms with Crippen LogP contribution in [0, 0.1) is 20.8 Å². The van der Waals surface area contributed by atoms with Crippen molar-refractivity contribution in [2.45, 2.75) is 20.8 Å². The predicted octanol–water partition coefficient (Wildman–Crippen LogP) is 3.62. The molecule has 0 spiro atoms. The Morgan fingerprint density at radius 2 is 1.36 bits per heavy atom. The fraction of sp³-hybridized carbons (Fsp3) is 0.222. The normalized spacial score (nSPS) is 10.2. The first kappa shape index (κ1) is 15.8. The summed E-state index contributed by atoms with van der Waals surface area (Å²) in [5.74, 6) is -0.465. The molecule has 0 aromatic heterocycles. The molecule has 22 heavy (non-hydrogen) atoms. The van der Waals surface area contributed by atoms with Gasteiger partial charge in [0, 0.05) is 0 Å². The van der Waals surface area contributed by atoms with Crippen LogP contribution < -0.4 is 4.74 Å². The van der Waals surface area contributed by atoms with Gasteiger partial charge in [0.05, 0.1) is 18.2 Å². The van der Waals surface area contributed by atoms with Gasteiger partial charge in [-0.15, -0.1) is 0 Å². The molecule has 0 unspecified atom stereocenters. The fourth-order valence-corrected chi connectivity index (χ4v) is 2.10. The molecule has 0 bridgehead atoms. The van der Waals surface area contributed by atoms with E-state index < -0.39 is 11.9 Å². The molecule has 114 valence electrons. The highest BCUT2D eigenvalue weighted by molar-refractivity contribution is 5.92. The molecule has 0 aliphatic rings. The first-order valence-corrected chi connectivity index (χ1v) is 6.90. The van der Waals surface area contributed by atoms with E-state index >= 15 is 0 Å². The zero-order chi connectivity index (χ0) is 16.3. The van der Waals surface area contributed by atoms with Crippen molar-refractivity contribution in [2.75, 3.05) is 7.11 Å². The van der Waals surface area contributed by atoms with Crippen molar-refractivity contribution < 1.29 is 19.1 Å². The highest BCUT2D eigenvalue weighted by Gasteiger charge is 2.12. The average Bonchev–Trinajstić information content (AvgIpc) is 2.52. The van der Waals surface area contributed by atoms with E-state index in [1.165, 1.54) is 12.7 Å². The van der Waals surface area contributed by atoms with Gasteiger partial charge in [-0.1, -0.05) is 0 Å². The van der Waals surface area contributed by atoms with Crippen LogP contribution in [0.1, 0.15) is 37.4 Å². The van der Waals surface area contributed by atoms with Crippen molar-refractivity contribution in [1.82, 2.24) is 0 Å². The van der Waals surface area contributed by atoms with Gasteiger partial charge in [0.1, 0.15) is 5.75 Å². The molecule has 0 fully saturated rings. The number of benzene rings is 2. The Balaban J connectivity index is 2.17. The highest BCUT2D eigenvalue weighted by Crippen LogP contribution is 2.18. The molecule has 0 radical (unpaired) electrons. The minimum Gasteiger partial charge on any atom is -0.465 e. The van der Waals surface area contributed by atoms with Crippen LogP contribution >= 0.6 is 0 Å². The Morgan fingerprint density at radius 3 is 1.86 bits per heavy atom. The molecule has 2 rings (SSSR count). The van der Waals surface area contributed by atoms with E-state index in [-0.39, 0.29) is 0 Å². The lowest BCUT2D eigenvalue weighted by Crippen LogP contribution is -2.10. The molecule has 0 N–H and O–H groups in total. The number of ether oxygens (including phenoxy) is 2. The third-order valence-corrected chi connectivity index (χ3v) is 3.65. The third kappa shape index (κ3) is 3.34. The molecule has 0 aliphatic heterocycles. The van der Waals surface area contributed by atoms with Crippen molar-refractivity contribution >= 4 is 11.9 Å². The van der Waals surface area contributed by atoms with E-state index in [0.29, 0.717) is 16.9 Å². The molecule has 2 aromatic carbocycles. The number of carbonyl (C=O) groups excluding carboxylic acids is 2. The van der Waals surface area contributed by atoms with E-state index in [2.05, 4.69) is 4.74 Å². The van der Waals surface area contributed by atoms with Gasteiger partial charge in [0.2, 0.25) is 0 Å². The Morgan fingerprint density at radius 1 is 0.818 bits per heavy atom.